The number of amides is 1. The van der Waals surface area contributed by atoms with Crippen molar-refractivity contribution in [2.75, 3.05) is 13.2 Å². The fourth-order valence-corrected chi connectivity index (χ4v) is 4.14. The molecule has 186 valence electrons. The van der Waals surface area contributed by atoms with E-state index in [0.717, 1.165) is 0 Å². The molecule has 0 atom stereocenters. The smallest absolute Gasteiger partial charge is 0.341 e. The van der Waals surface area contributed by atoms with E-state index < -0.39 is 18.5 Å². The van der Waals surface area contributed by atoms with Gasteiger partial charge >= 0.3 is 5.97 Å². The Morgan fingerprint density at radius 1 is 1.11 bits per heavy atom. The molecule has 0 saturated heterocycles. The van der Waals surface area contributed by atoms with Crippen molar-refractivity contribution in [3.63, 3.8) is 0 Å². The Balaban J connectivity index is 1.90. The lowest BCUT2D eigenvalue weighted by Crippen LogP contribution is -2.33. The number of pyridine rings is 2. The zero-order valence-corrected chi connectivity index (χ0v) is 21.0. The third-order valence-corrected chi connectivity index (χ3v) is 5.74. The summed E-state index contributed by atoms with van der Waals surface area (Å²) in [7, 11) is 0. The lowest BCUT2D eigenvalue weighted by atomic mass is 10.2. The van der Waals surface area contributed by atoms with Crippen LogP contribution >= 0.6 is 23.2 Å². The van der Waals surface area contributed by atoms with E-state index in [9.17, 15) is 14.4 Å². The maximum Gasteiger partial charge on any atom is 0.341 e. The molecule has 0 aliphatic rings. The predicted octanol–water partition coefficient (Wildman–Crippen LogP) is 4.05. The van der Waals surface area contributed by atoms with Crippen LogP contribution in [0.25, 0.3) is 16.7 Å². The minimum atomic E-state index is -0.713. The molecule has 4 rings (SSSR count). The van der Waals surface area contributed by atoms with Crippen molar-refractivity contribution in [1.82, 2.24) is 14.0 Å². The first kappa shape index (κ1) is 25.4. The van der Waals surface area contributed by atoms with Crippen LogP contribution in [0.2, 0.25) is 10.0 Å². The number of ether oxygens (including phenoxy) is 2. The Bertz CT molecular complexity index is 1610. The molecule has 0 N–H and O–H groups in total. The Labute approximate surface area is 215 Å². The quantitative estimate of drug-likeness (QED) is 0.264. The number of halogens is 2. The maximum atomic E-state index is 13.2. The highest BCUT2D eigenvalue weighted by Crippen LogP contribution is 2.27. The van der Waals surface area contributed by atoms with E-state index in [4.69, 9.17) is 32.7 Å². The van der Waals surface area contributed by atoms with Gasteiger partial charge in [0.25, 0.3) is 11.5 Å². The second-order valence-corrected chi connectivity index (χ2v) is 8.55. The molecule has 0 fully saturated rings. The molecule has 0 radical (unpaired) electrons. The molecular weight excluding hydrogens is 507 g/mol. The van der Waals surface area contributed by atoms with Crippen LogP contribution in [0.15, 0.2) is 58.4 Å². The van der Waals surface area contributed by atoms with Gasteiger partial charge in [0.2, 0.25) is 0 Å². The summed E-state index contributed by atoms with van der Waals surface area (Å²) in [5, 5.41) is 0.867. The normalized spacial score (nSPS) is 11.7. The van der Waals surface area contributed by atoms with E-state index in [1.54, 1.807) is 42.0 Å². The minimum Gasteiger partial charge on any atom is -0.482 e. The number of carbonyl (C=O) groups excluding carboxylic acids is 2. The largest absolute Gasteiger partial charge is 0.482 e. The van der Waals surface area contributed by atoms with Crippen molar-refractivity contribution in [2.45, 2.75) is 26.8 Å². The summed E-state index contributed by atoms with van der Waals surface area (Å²) < 4.78 is 13.7. The van der Waals surface area contributed by atoms with Crippen LogP contribution in [-0.4, -0.2) is 39.0 Å². The molecule has 9 nitrogen and oxygen atoms in total. The van der Waals surface area contributed by atoms with Crippen molar-refractivity contribution in [2.24, 2.45) is 4.99 Å². The Morgan fingerprint density at radius 3 is 2.64 bits per heavy atom. The molecule has 0 spiro atoms. The molecular formula is C25H22Cl2N4O5. The fraction of sp³-hybridized carbons (Fsp3) is 0.240. The molecule has 11 heteroatoms. The zero-order chi connectivity index (χ0) is 25.8. The average Bonchev–Trinajstić information content (AvgIpc) is 2.85. The number of aromatic nitrogens is 3. The molecule has 3 heterocycles. The SMILES string of the molecule is CCCn1c(=NC(=O)COc2ccc(Cl)cc2Cl)c(C(=O)OCC)cc2c(=O)n3ccccc3nc21. The fourth-order valence-electron chi connectivity index (χ4n) is 3.67. The van der Waals surface area contributed by atoms with Crippen molar-refractivity contribution in [3.8, 4) is 5.75 Å². The average molecular weight is 529 g/mol. The zero-order valence-electron chi connectivity index (χ0n) is 19.5. The Hall–Kier alpha value is -3.69. The first-order valence-electron chi connectivity index (χ1n) is 11.2. The molecule has 4 aromatic rings. The van der Waals surface area contributed by atoms with E-state index in [2.05, 4.69) is 9.98 Å². The number of hydrogen-bond acceptors (Lipinski definition) is 6. The number of aryl methyl sites for hydroxylation is 1. The second kappa shape index (κ2) is 10.9. The Morgan fingerprint density at radius 2 is 1.92 bits per heavy atom. The van der Waals surface area contributed by atoms with Crippen LogP contribution < -0.4 is 15.8 Å². The van der Waals surface area contributed by atoms with Crippen LogP contribution in [-0.2, 0) is 16.1 Å². The van der Waals surface area contributed by atoms with Crippen molar-refractivity contribution >= 4 is 51.8 Å². The van der Waals surface area contributed by atoms with E-state index in [1.165, 1.54) is 22.6 Å². The molecule has 3 aromatic heterocycles. The van der Waals surface area contributed by atoms with E-state index in [1.807, 2.05) is 6.92 Å². The number of hydrogen-bond donors (Lipinski definition) is 0. The molecule has 36 heavy (non-hydrogen) atoms. The first-order chi connectivity index (χ1) is 17.3. The van der Waals surface area contributed by atoms with Gasteiger partial charge < -0.3 is 14.0 Å². The lowest BCUT2D eigenvalue weighted by Gasteiger charge is -2.14. The summed E-state index contributed by atoms with van der Waals surface area (Å²) >= 11 is 12.0. The summed E-state index contributed by atoms with van der Waals surface area (Å²) in [5.74, 6) is -1.13. The first-order valence-corrected chi connectivity index (χ1v) is 12.0. The van der Waals surface area contributed by atoms with Crippen LogP contribution in [0.5, 0.6) is 5.75 Å². The summed E-state index contributed by atoms with van der Waals surface area (Å²) in [4.78, 5) is 47.8. The van der Waals surface area contributed by atoms with E-state index in [-0.39, 0.29) is 39.4 Å². The highest BCUT2D eigenvalue weighted by Gasteiger charge is 2.20. The monoisotopic (exact) mass is 528 g/mol. The van der Waals surface area contributed by atoms with Crippen LogP contribution in [0, 0.1) is 0 Å². The number of rotatable bonds is 7. The van der Waals surface area contributed by atoms with Gasteiger partial charge in [0.05, 0.1) is 17.0 Å². The molecule has 0 aliphatic heterocycles. The van der Waals surface area contributed by atoms with Gasteiger partial charge in [-0.05, 0) is 49.7 Å². The predicted molar refractivity (Wildman–Crippen MR) is 136 cm³/mol. The van der Waals surface area contributed by atoms with Crippen molar-refractivity contribution in [1.29, 1.82) is 0 Å². The van der Waals surface area contributed by atoms with E-state index >= 15 is 0 Å². The topological polar surface area (TPSA) is 104 Å². The van der Waals surface area contributed by atoms with Gasteiger partial charge in [0, 0.05) is 17.8 Å². The molecule has 1 amide bonds. The highest BCUT2D eigenvalue weighted by molar-refractivity contribution is 6.35. The van der Waals surface area contributed by atoms with Gasteiger partial charge in [-0.15, -0.1) is 0 Å². The molecule has 0 unspecified atom stereocenters. The third-order valence-electron chi connectivity index (χ3n) is 5.21. The summed E-state index contributed by atoms with van der Waals surface area (Å²) in [6, 6.07) is 11.2. The van der Waals surface area contributed by atoms with Crippen molar-refractivity contribution < 1.29 is 19.1 Å². The second-order valence-electron chi connectivity index (χ2n) is 7.71. The van der Waals surface area contributed by atoms with Gasteiger partial charge in [-0.25, -0.2) is 9.78 Å². The van der Waals surface area contributed by atoms with Gasteiger partial charge in [0.1, 0.15) is 22.6 Å². The number of carbonyl (C=O) groups is 2. The minimum absolute atomic E-state index is 0.0227. The van der Waals surface area contributed by atoms with Gasteiger partial charge in [-0.3, -0.25) is 14.0 Å². The number of nitrogens with zero attached hydrogens (tertiary/aromatic N) is 4. The van der Waals surface area contributed by atoms with Crippen LogP contribution in [0.4, 0.5) is 0 Å². The maximum absolute atomic E-state index is 13.2. The van der Waals surface area contributed by atoms with Crippen LogP contribution in [0.3, 0.4) is 0 Å². The molecule has 0 bridgehead atoms. The Kier molecular flexibility index (Phi) is 7.71. The summed E-state index contributed by atoms with van der Waals surface area (Å²) in [6.07, 6.45) is 2.22. The molecule has 0 aliphatic carbocycles. The summed E-state index contributed by atoms with van der Waals surface area (Å²) in [6.45, 7) is 3.58. The van der Waals surface area contributed by atoms with Gasteiger partial charge in [0.15, 0.2) is 12.1 Å². The van der Waals surface area contributed by atoms with E-state index in [0.29, 0.717) is 29.3 Å². The third kappa shape index (κ3) is 5.12. The van der Waals surface area contributed by atoms with Crippen LogP contribution in [0.1, 0.15) is 30.6 Å². The number of fused-ring (bicyclic) bond motifs is 2. The highest BCUT2D eigenvalue weighted by atomic mass is 35.5. The van der Waals surface area contributed by atoms with Gasteiger partial charge in [-0.2, -0.15) is 4.99 Å². The van der Waals surface area contributed by atoms with Gasteiger partial charge in [-0.1, -0.05) is 36.2 Å². The molecule has 0 saturated carbocycles. The number of benzene rings is 1. The standard InChI is InChI=1S/C25H22Cl2N4O5/c1-3-10-31-22-16(24(33)30-11-6-5-7-20(30)28-22)13-17(25(34)35-4-2)23(31)29-21(32)14-36-19-9-8-15(26)12-18(19)27/h5-9,11-13H,3-4,10,14H2,1-2H3. The van der Waals surface area contributed by atoms with Crippen molar-refractivity contribution in [3.05, 3.63) is 80.1 Å². The molecule has 1 aromatic carbocycles. The summed E-state index contributed by atoms with van der Waals surface area (Å²) in [5.41, 5.74) is 0.372. The number of esters is 1. The lowest BCUT2D eigenvalue weighted by molar-refractivity contribution is -0.120.